The van der Waals surface area contributed by atoms with E-state index in [-0.39, 0.29) is 17.3 Å². The molecule has 1 amide bonds. The van der Waals surface area contributed by atoms with Gasteiger partial charge in [0.15, 0.2) is 0 Å². The van der Waals surface area contributed by atoms with Gasteiger partial charge in [-0.25, -0.2) is 8.42 Å². The summed E-state index contributed by atoms with van der Waals surface area (Å²) in [7, 11) is -3.94. The van der Waals surface area contributed by atoms with E-state index in [2.05, 4.69) is 30.4 Å². The Morgan fingerprint density at radius 2 is 1.74 bits per heavy atom. The molecule has 0 aliphatic rings. The lowest BCUT2D eigenvalue weighted by Gasteiger charge is -2.24. The maximum absolute atomic E-state index is 13.4. The van der Waals surface area contributed by atoms with Crippen LogP contribution in [0.25, 0.3) is 0 Å². The zero-order chi connectivity index (χ0) is 24.4. The molecule has 0 fully saturated rings. The van der Waals surface area contributed by atoms with E-state index in [0.29, 0.717) is 24.6 Å². The van der Waals surface area contributed by atoms with Crippen LogP contribution in [0.5, 0.6) is 5.75 Å². The minimum Gasteiger partial charge on any atom is -0.494 e. The number of thioether (sulfide) groups is 1. The molecule has 0 unspecified atom stereocenters. The molecular formula is C26H30N2O4S2. The van der Waals surface area contributed by atoms with Gasteiger partial charge < -0.3 is 10.1 Å². The highest BCUT2D eigenvalue weighted by Crippen LogP contribution is 2.25. The van der Waals surface area contributed by atoms with Gasteiger partial charge in [-0.3, -0.25) is 9.10 Å². The van der Waals surface area contributed by atoms with Crippen molar-refractivity contribution >= 4 is 33.4 Å². The number of anilines is 1. The summed E-state index contributed by atoms with van der Waals surface area (Å²) in [6.07, 6.45) is 0. The molecule has 0 bridgehead atoms. The number of benzene rings is 3. The van der Waals surface area contributed by atoms with Gasteiger partial charge in [-0.1, -0.05) is 48.0 Å². The number of nitrogens with one attached hydrogen (secondary N) is 1. The average Bonchev–Trinajstić information content (AvgIpc) is 2.83. The molecule has 3 aromatic rings. The molecule has 180 valence electrons. The summed E-state index contributed by atoms with van der Waals surface area (Å²) in [4.78, 5) is 12.8. The molecule has 0 heterocycles. The first-order valence-electron chi connectivity index (χ1n) is 11.1. The molecule has 0 aliphatic heterocycles. The number of amides is 1. The fraction of sp³-hybridized carbons (Fsp3) is 0.269. The highest BCUT2D eigenvalue weighted by molar-refractivity contribution is 7.98. The number of nitrogens with zero attached hydrogens (tertiary/aromatic N) is 1. The molecule has 3 aromatic carbocycles. The second-order valence-corrected chi connectivity index (χ2v) is 10.6. The number of aryl methyl sites for hydroxylation is 1. The number of sulfonamides is 1. The summed E-state index contributed by atoms with van der Waals surface area (Å²) in [6, 6.07) is 23.2. The molecule has 6 nitrogen and oxygen atoms in total. The second-order valence-electron chi connectivity index (χ2n) is 7.64. The summed E-state index contributed by atoms with van der Waals surface area (Å²) in [5.74, 6) is 1.83. The van der Waals surface area contributed by atoms with Crippen LogP contribution in [0.3, 0.4) is 0 Å². The average molecular weight is 499 g/mol. The molecule has 8 heteroatoms. The largest absolute Gasteiger partial charge is 0.494 e. The van der Waals surface area contributed by atoms with E-state index in [1.165, 1.54) is 23.3 Å². The van der Waals surface area contributed by atoms with Crippen molar-refractivity contribution in [3.8, 4) is 5.75 Å². The Morgan fingerprint density at radius 3 is 2.41 bits per heavy atom. The fourth-order valence-corrected chi connectivity index (χ4v) is 5.58. The first-order valence-corrected chi connectivity index (χ1v) is 13.7. The highest BCUT2D eigenvalue weighted by Gasteiger charge is 2.27. The smallest absolute Gasteiger partial charge is 0.264 e. The van der Waals surface area contributed by atoms with Crippen molar-refractivity contribution in [3.05, 3.63) is 90.0 Å². The lowest BCUT2D eigenvalue weighted by atomic mass is 10.2. The van der Waals surface area contributed by atoms with Crippen molar-refractivity contribution in [2.24, 2.45) is 0 Å². The zero-order valence-electron chi connectivity index (χ0n) is 19.4. The predicted octanol–water partition coefficient (Wildman–Crippen LogP) is 4.64. The molecule has 0 radical (unpaired) electrons. The van der Waals surface area contributed by atoms with E-state index in [9.17, 15) is 13.2 Å². The third kappa shape index (κ3) is 7.27. The van der Waals surface area contributed by atoms with E-state index >= 15 is 0 Å². The third-order valence-corrected chi connectivity index (χ3v) is 7.79. The number of hydrogen-bond donors (Lipinski definition) is 1. The summed E-state index contributed by atoms with van der Waals surface area (Å²) < 4.78 is 33.3. The van der Waals surface area contributed by atoms with Crippen molar-refractivity contribution in [1.82, 2.24) is 5.32 Å². The fourth-order valence-electron chi connectivity index (χ4n) is 3.35. The van der Waals surface area contributed by atoms with Crippen molar-refractivity contribution in [2.45, 2.75) is 24.5 Å². The molecule has 3 rings (SSSR count). The lowest BCUT2D eigenvalue weighted by molar-refractivity contribution is -0.119. The van der Waals surface area contributed by atoms with Crippen LogP contribution in [0.1, 0.15) is 18.1 Å². The second kappa shape index (κ2) is 12.5. The minimum atomic E-state index is -3.94. The third-order valence-electron chi connectivity index (χ3n) is 4.97. The van der Waals surface area contributed by atoms with Crippen LogP contribution in [-0.4, -0.2) is 39.8 Å². The van der Waals surface area contributed by atoms with Crippen LogP contribution in [0.2, 0.25) is 0 Å². The maximum atomic E-state index is 13.4. The minimum absolute atomic E-state index is 0.0984. The number of carbonyl (C=O) groups is 1. The van der Waals surface area contributed by atoms with Crippen LogP contribution in [-0.2, 0) is 20.6 Å². The molecule has 1 N–H and O–H groups in total. The van der Waals surface area contributed by atoms with Crippen molar-refractivity contribution in [2.75, 3.05) is 29.8 Å². The van der Waals surface area contributed by atoms with E-state index < -0.39 is 10.0 Å². The Hall–Kier alpha value is -2.97. The van der Waals surface area contributed by atoms with Gasteiger partial charge in [0.1, 0.15) is 12.3 Å². The molecular weight excluding hydrogens is 468 g/mol. The van der Waals surface area contributed by atoms with Crippen LogP contribution >= 0.6 is 11.8 Å². The predicted molar refractivity (Wildman–Crippen MR) is 139 cm³/mol. The van der Waals surface area contributed by atoms with Crippen molar-refractivity contribution in [3.63, 3.8) is 0 Å². The van der Waals surface area contributed by atoms with Gasteiger partial charge in [0.2, 0.25) is 5.91 Å². The van der Waals surface area contributed by atoms with Gasteiger partial charge in [0.25, 0.3) is 10.0 Å². The number of hydrogen-bond acceptors (Lipinski definition) is 5. The quantitative estimate of drug-likeness (QED) is 0.368. The topological polar surface area (TPSA) is 75.7 Å². The molecule has 0 aromatic heterocycles. The van der Waals surface area contributed by atoms with Crippen LogP contribution < -0.4 is 14.4 Å². The van der Waals surface area contributed by atoms with E-state index in [4.69, 9.17) is 4.74 Å². The monoisotopic (exact) mass is 498 g/mol. The Balaban J connectivity index is 1.62. The number of para-hydroxylation sites is 1. The van der Waals surface area contributed by atoms with Crippen LogP contribution in [0.15, 0.2) is 83.8 Å². The number of rotatable bonds is 12. The number of carbonyl (C=O) groups excluding carboxylic acids is 1. The standard InChI is InChI=1S/C26H30N2O4S2/c1-3-32-24-12-14-25(15-13-24)34(30,31)28(23-10-5-4-6-11-23)19-26(29)27-16-17-33-20-22-9-7-8-21(2)18-22/h4-15,18H,3,16-17,19-20H2,1-2H3,(H,27,29). The first-order chi connectivity index (χ1) is 16.4. The van der Waals surface area contributed by atoms with Crippen LogP contribution in [0.4, 0.5) is 5.69 Å². The molecule has 0 saturated carbocycles. The normalized spacial score (nSPS) is 11.1. The Morgan fingerprint density at radius 1 is 1.00 bits per heavy atom. The van der Waals surface area contributed by atoms with E-state index in [1.54, 1.807) is 54.2 Å². The number of ether oxygens (including phenoxy) is 1. The zero-order valence-corrected chi connectivity index (χ0v) is 21.1. The van der Waals surface area contributed by atoms with Gasteiger partial charge in [-0.05, 0) is 55.8 Å². The van der Waals surface area contributed by atoms with E-state index in [1.807, 2.05) is 13.0 Å². The first kappa shape index (κ1) is 25.6. The van der Waals surface area contributed by atoms with E-state index in [0.717, 1.165) is 15.8 Å². The Kier molecular flexibility index (Phi) is 9.42. The Bertz CT molecular complexity index is 1170. The molecule has 34 heavy (non-hydrogen) atoms. The maximum Gasteiger partial charge on any atom is 0.264 e. The Labute approximate surface area is 206 Å². The molecule has 0 saturated heterocycles. The lowest BCUT2D eigenvalue weighted by Crippen LogP contribution is -2.41. The van der Waals surface area contributed by atoms with Crippen molar-refractivity contribution < 1.29 is 17.9 Å². The van der Waals surface area contributed by atoms with Gasteiger partial charge in [0, 0.05) is 18.1 Å². The van der Waals surface area contributed by atoms with Gasteiger partial charge in [0.05, 0.1) is 17.2 Å². The SMILES string of the molecule is CCOc1ccc(S(=O)(=O)N(CC(=O)NCCSCc2cccc(C)c2)c2ccccc2)cc1. The highest BCUT2D eigenvalue weighted by atomic mass is 32.2. The summed E-state index contributed by atoms with van der Waals surface area (Å²) in [6.45, 7) is 4.57. The van der Waals surface area contributed by atoms with Crippen molar-refractivity contribution in [1.29, 1.82) is 0 Å². The van der Waals surface area contributed by atoms with Gasteiger partial charge >= 0.3 is 0 Å². The van der Waals surface area contributed by atoms with Gasteiger partial charge in [-0.2, -0.15) is 11.8 Å². The summed E-state index contributed by atoms with van der Waals surface area (Å²) in [5.41, 5.74) is 2.90. The molecule has 0 atom stereocenters. The van der Waals surface area contributed by atoms with Crippen LogP contribution in [0, 0.1) is 6.92 Å². The summed E-state index contributed by atoms with van der Waals surface area (Å²) >= 11 is 1.72. The van der Waals surface area contributed by atoms with Gasteiger partial charge in [-0.15, -0.1) is 0 Å². The molecule has 0 spiro atoms. The molecule has 0 aliphatic carbocycles. The summed E-state index contributed by atoms with van der Waals surface area (Å²) in [5, 5.41) is 2.84.